The number of halogens is 1. The molecule has 3 amide bonds. The summed E-state index contributed by atoms with van der Waals surface area (Å²) in [6.07, 6.45) is -0.215. The summed E-state index contributed by atoms with van der Waals surface area (Å²) in [6, 6.07) is 7.88. The summed E-state index contributed by atoms with van der Waals surface area (Å²) < 4.78 is 5.31. The van der Waals surface area contributed by atoms with Gasteiger partial charge in [0.05, 0.1) is 10.7 Å². The third-order valence-electron chi connectivity index (χ3n) is 5.49. The molecule has 0 aliphatic heterocycles. The minimum absolute atomic E-state index is 0.00907. The molecule has 0 aliphatic rings. The maximum absolute atomic E-state index is 13.8. The summed E-state index contributed by atoms with van der Waals surface area (Å²) >= 11 is 10.6. The van der Waals surface area contributed by atoms with E-state index in [0.717, 1.165) is 5.56 Å². The van der Waals surface area contributed by atoms with Crippen LogP contribution in [0.4, 0.5) is 10.5 Å². The number of aromatic hydroxyl groups is 1. The molecule has 8 nitrogen and oxygen atoms in total. The van der Waals surface area contributed by atoms with Gasteiger partial charge in [0.1, 0.15) is 23.4 Å². The summed E-state index contributed by atoms with van der Waals surface area (Å²) in [5.74, 6) is -0.925. The summed E-state index contributed by atoms with van der Waals surface area (Å²) in [5, 5.41) is 15.9. The lowest BCUT2D eigenvalue weighted by Crippen LogP contribution is -2.53. The molecule has 0 spiro atoms. The van der Waals surface area contributed by atoms with Crippen molar-refractivity contribution in [1.29, 1.82) is 0 Å². The second-order valence-electron chi connectivity index (χ2n) is 9.78. The Morgan fingerprint density at radius 2 is 1.81 bits per heavy atom. The van der Waals surface area contributed by atoms with E-state index in [9.17, 15) is 19.5 Å². The molecule has 37 heavy (non-hydrogen) atoms. The van der Waals surface area contributed by atoms with E-state index >= 15 is 0 Å². The molecule has 0 aliphatic carbocycles. The molecule has 0 saturated heterocycles. The van der Waals surface area contributed by atoms with Gasteiger partial charge in [0.15, 0.2) is 0 Å². The Labute approximate surface area is 229 Å². The number of hydrogen-bond donors (Lipinski definition) is 4. The Morgan fingerprint density at radius 3 is 2.35 bits per heavy atom. The highest BCUT2D eigenvalue weighted by molar-refractivity contribution is 7.80. The van der Waals surface area contributed by atoms with Gasteiger partial charge in [0.25, 0.3) is 5.91 Å². The molecule has 10 heteroatoms. The molecule has 2 aromatic carbocycles. The Kier molecular flexibility index (Phi) is 10.7. The number of nitrogens with one attached hydrogen (secondary N) is 2. The van der Waals surface area contributed by atoms with E-state index in [-0.39, 0.29) is 18.0 Å². The summed E-state index contributed by atoms with van der Waals surface area (Å²) in [6.45, 7) is 10.8. The third kappa shape index (κ3) is 8.30. The van der Waals surface area contributed by atoms with E-state index in [1.165, 1.54) is 11.0 Å². The van der Waals surface area contributed by atoms with Crippen molar-refractivity contribution in [2.24, 2.45) is 0 Å². The van der Waals surface area contributed by atoms with E-state index in [4.69, 9.17) is 16.3 Å². The standard InChI is InChI=1S/C27H36ClN3O5S/c1-7-13-31(25(34)20(15-37)29-26(35)36-27(4,5)6)23(18-11-12-21(32)17(3)14-18)24(33)30-22-16(2)9-8-10-19(22)28/h8-12,14,20,23,32,37H,7,13,15H2,1-6H3,(H,29,35)(H,30,33). The number of nitrogens with zero attached hydrogens (tertiary/aromatic N) is 1. The number of amides is 3. The molecule has 0 fully saturated rings. The highest BCUT2D eigenvalue weighted by Gasteiger charge is 2.36. The van der Waals surface area contributed by atoms with Crippen LogP contribution in [0.5, 0.6) is 5.75 Å². The number of carbonyl (C=O) groups is 3. The number of rotatable bonds is 9. The van der Waals surface area contributed by atoms with E-state index in [1.807, 2.05) is 19.9 Å². The van der Waals surface area contributed by atoms with Crippen LogP contribution in [-0.2, 0) is 14.3 Å². The molecule has 3 N–H and O–H groups in total. The number of hydrogen-bond acceptors (Lipinski definition) is 6. The Morgan fingerprint density at radius 1 is 1.14 bits per heavy atom. The quantitative estimate of drug-likeness (QED) is 0.313. The van der Waals surface area contributed by atoms with Gasteiger partial charge in [-0.15, -0.1) is 0 Å². The van der Waals surface area contributed by atoms with Crippen LogP contribution < -0.4 is 10.6 Å². The topological polar surface area (TPSA) is 108 Å². The van der Waals surface area contributed by atoms with Crippen molar-refractivity contribution in [2.75, 3.05) is 17.6 Å². The van der Waals surface area contributed by atoms with Crippen molar-refractivity contribution >= 4 is 47.8 Å². The molecule has 0 saturated carbocycles. The summed E-state index contributed by atoms with van der Waals surface area (Å²) in [7, 11) is 0. The van der Waals surface area contributed by atoms with Crippen molar-refractivity contribution in [2.45, 2.75) is 65.6 Å². The van der Waals surface area contributed by atoms with Crippen LogP contribution in [-0.4, -0.2) is 51.9 Å². The van der Waals surface area contributed by atoms with Gasteiger partial charge in [-0.3, -0.25) is 9.59 Å². The van der Waals surface area contributed by atoms with Gasteiger partial charge >= 0.3 is 6.09 Å². The van der Waals surface area contributed by atoms with Gasteiger partial charge in [-0.25, -0.2) is 4.79 Å². The summed E-state index contributed by atoms with van der Waals surface area (Å²) in [4.78, 5) is 41.4. The van der Waals surface area contributed by atoms with E-state index < -0.39 is 35.6 Å². The fraction of sp³-hybridized carbons (Fsp3) is 0.444. The van der Waals surface area contributed by atoms with Crippen molar-refractivity contribution in [3.8, 4) is 5.75 Å². The molecule has 0 bridgehead atoms. The second-order valence-corrected chi connectivity index (χ2v) is 10.6. The average molecular weight is 550 g/mol. The van der Waals surface area contributed by atoms with Gasteiger partial charge in [-0.05, 0) is 75.9 Å². The molecule has 2 atom stereocenters. The van der Waals surface area contributed by atoms with Gasteiger partial charge < -0.3 is 25.4 Å². The van der Waals surface area contributed by atoms with Crippen LogP contribution >= 0.6 is 24.2 Å². The molecule has 0 radical (unpaired) electrons. The number of para-hydroxylation sites is 1. The molecule has 0 aromatic heterocycles. The first-order valence-electron chi connectivity index (χ1n) is 12.0. The zero-order valence-corrected chi connectivity index (χ0v) is 23.7. The minimum Gasteiger partial charge on any atom is -0.508 e. The van der Waals surface area contributed by atoms with Crippen molar-refractivity contribution in [1.82, 2.24) is 10.2 Å². The largest absolute Gasteiger partial charge is 0.508 e. The highest BCUT2D eigenvalue weighted by Crippen LogP contribution is 2.31. The van der Waals surface area contributed by atoms with Crippen molar-refractivity contribution < 1.29 is 24.2 Å². The molecular formula is C27H36ClN3O5S. The third-order valence-corrected chi connectivity index (χ3v) is 6.17. The van der Waals surface area contributed by atoms with Crippen LogP contribution in [0.3, 0.4) is 0 Å². The highest BCUT2D eigenvalue weighted by atomic mass is 35.5. The first kappa shape index (κ1) is 30.3. The van der Waals surface area contributed by atoms with E-state index in [2.05, 4.69) is 23.3 Å². The van der Waals surface area contributed by atoms with Gasteiger partial charge in [0, 0.05) is 12.3 Å². The number of phenols is 1. The maximum atomic E-state index is 13.8. The zero-order chi connectivity index (χ0) is 27.9. The lowest BCUT2D eigenvalue weighted by atomic mass is 10.00. The average Bonchev–Trinajstić information content (AvgIpc) is 2.80. The van der Waals surface area contributed by atoms with Crippen LogP contribution in [0.25, 0.3) is 0 Å². The number of carbonyl (C=O) groups excluding carboxylic acids is 3. The SMILES string of the molecule is CCCN(C(=O)C(CS)NC(=O)OC(C)(C)C)C(C(=O)Nc1c(C)cccc1Cl)c1ccc(O)c(C)c1. The van der Waals surface area contributed by atoms with Gasteiger partial charge in [0.2, 0.25) is 5.91 Å². The number of ether oxygens (including phenoxy) is 1. The number of thiol groups is 1. The number of benzene rings is 2. The maximum Gasteiger partial charge on any atom is 0.408 e. The van der Waals surface area contributed by atoms with Crippen LogP contribution in [0.1, 0.15) is 56.8 Å². The fourth-order valence-electron chi connectivity index (χ4n) is 3.75. The predicted octanol–water partition coefficient (Wildman–Crippen LogP) is 5.40. The Hall–Kier alpha value is -2.91. The first-order chi connectivity index (χ1) is 17.3. The van der Waals surface area contributed by atoms with Crippen molar-refractivity contribution in [3.63, 3.8) is 0 Å². The monoisotopic (exact) mass is 549 g/mol. The zero-order valence-electron chi connectivity index (χ0n) is 22.1. The lowest BCUT2D eigenvalue weighted by Gasteiger charge is -2.34. The van der Waals surface area contributed by atoms with Crippen molar-refractivity contribution in [3.05, 3.63) is 58.1 Å². The summed E-state index contributed by atoms with van der Waals surface area (Å²) in [5.41, 5.74) is 1.49. The smallest absolute Gasteiger partial charge is 0.408 e. The molecule has 2 aromatic rings. The minimum atomic E-state index is -1.08. The number of aryl methyl sites for hydroxylation is 2. The Bertz CT molecular complexity index is 1120. The molecular weight excluding hydrogens is 514 g/mol. The normalized spacial score (nSPS) is 12.9. The number of anilines is 1. The fourth-order valence-corrected chi connectivity index (χ4v) is 4.26. The van der Waals surface area contributed by atoms with Gasteiger partial charge in [-0.1, -0.05) is 36.7 Å². The Balaban J connectivity index is 2.52. The second kappa shape index (κ2) is 13.1. The molecule has 2 unspecified atom stereocenters. The van der Waals surface area contributed by atoms with E-state index in [1.54, 1.807) is 52.0 Å². The van der Waals surface area contributed by atoms with Crippen LogP contribution in [0.2, 0.25) is 5.02 Å². The van der Waals surface area contributed by atoms with Gasteiger partial charge in [-0.2, -0.15) is 12.6 Å². The van der Waals surface area contributed by atoms with Crippen LogP contribution in [0, 0.1) is 13.8 Å². The molecule has 0 heterocycles. The number of alkyl carbamates (subject to hydrolysis) is 1. The predicted molar refractivity (Wildman–Crippen MR) is 149 cm³/mol. The van der Waals surface area contributed by atoms with E-state index in [0.29, 0.717) is 28.3 Å². The molecule has 202 valence electrons. The number of phenolic OH excluding ortho intramolecular Hbond substituents is 1. The van der Waals surface area contributed by atoms with Crippen LogP contribution in [0.15, 0.2) is 36.4 Å². The molecule has 2 rings (SSSR count). The first-order valence-corrected chi connectivity index (χ1v) is 13.1. The lowest BCUT2D eigenvalue weighted by molar-refractivity contribution is -0.140.